The fourth-order valence-electron chi connectivity index (χ4n) is 3.27. The van der Waals surface area contributed by atoms with Gasteiger partial charge in [-0.1, -0.05) is 0 Å². The van der Waals surface area contributed by atoms with Crippen LogP contribution in [0.2, 0.25) is 0 Å². The Hall–Kier alpha value is -1.10. The van der Waals surface area contributed by atoms with Crippen LogP contribution < -0.4 is 10.6 Å². The zero-order valence-corrected chi connectivity index (χ0v) is 12.1. The van der Waals surface area contributed by atoms with Crippen LogP contribution in [0.25, 0.3) is 0 Å². The minimum absolute atomic E-state index is 0.00613. The smallest absolute Gasteiger partial charge is 0.225 e. The second kappa shape index (κ2) is 6.12. The second-order valence-corrected chi connectivity index (χ2v) is 6.45. The van der Waals surface area contributed by atoms with Crippen LogP contribution in [0.5, 0.6) is 0 Å². The van der Waals surface area contributed by atoms with Gasteiger partial charge in [0.15, 0.2) is 0 Å². The molecule has 112 valence electrons. The van der Waals surface area contributed by atoms with Gasteiger partial charge >= 0.3 is 0 Å². The third-order valence-electron chi connectivity index (χ3n) is 4.67. The molecule has 2 saturated heterocycles. The molecule has 2 heterocycles. The lowest BCUT2D eigenvalue weighted by Gasteiger charge is -2.33. The number of amides is 2. The van der Waals surface area contributed by atoms with E-state index >= 15 is 0 Å². The number of carbonyl (C=O) groups is 2. The van der Waals surface area contributed by atoms with Crippen molar-refractivity contribution in [2.45, 2.75) is 44.6 Å². The van der Waals surface area contributed by atoms with Crippen molar-refractivity contribution < 1.29 is 9.59 Å². The molecule has 20 heavy (non-hydrogen) atoms. The molecule has 0 bridgehead atoms. The van der Waals surface area contributed by atoms with Gasteiger partial charge in [0, 0.05) is 31.6 Å². The van der Waals surface area contributed by atoms with E-state index in [0.717, 1.165) is 58.2 Å². The first-order valence-corrected chi connectivity index (χ1v) is 8.04. The van der Waals surface area contributed by atoms with E-state index in [1.165, 1.54) is 0 Å². The van der Waals surface area contributed by atoms with Crippen molar-refractivity contribution in [1.29, 1.82) is 0 Å². The van der Waals surface area contributed by atoms with Gasteiger partial charge < -0.3 is 15.5 Å². The molecular weight excluding hydrogens is 254 g/mol. The van der Waals surface area contributed by atoms with Crippen LogP contribution in [0.15, 0.2) is 0 Å². The second-order valence-electron chi connectivity index (χ2n) is 6.45. The molecule has 3 rings (SSSR count). The van der Waals surface area contributed by atoms with Crippen LogP contribution in [-0.4, -0.2) is 48.9 Å². The number of nitrogens with zero attached hydrogens (tertiary/aromatic N) is 1. The summed E-state index contributed by atoms with van der Waals surface area (Å²) in [5.74, 6) is 0.682. The van der Waals surface area contributed by atoms with Gasteiger partial charge in [0.1, 0.15) is 0 Å². The largest absolute Gasteiger partial charge is 0.352 e. The van der Waals surface area contributed by atoms with E-state index in [1.54, 1.807) is 0 Å². The molecule has 2 amide bonds. The molecule has 5 heteroatoms. The molecule has 0 aromatic carbocycles. The van der Waals surface area contributed by atoms with Crippen LogP contribution in [0.4, 0.5) is 0 Å². The monoisotopic (exact) mass is 279 g/mol. The van der Waals surface area contributed by atoms with E-state index < -0.39 is 0 Å². The molecule has 2 aliphatic heterocycles. The van der Waals surface area contributed by atoms with Gasteiger partial charge in [-0.15, -0.1) is 0 Å². The third kappa shape index (κ3) is 3.32. The summed E-state index contributed by atoms with van der Waals surface area (Å²) < 4.78 is 0. The predicted molar refractivity (Wildman–Crippen MR) is 76.1 cm³/mol. The molecule has 0 aromatic heterocycles. The molecule has 0 aromatic rings. The predicted octanol–water partition coefficient (Wildman–Crippen LogP) is 0.503. The molecule has 2 N–H and O–H groups in total. The molecule has 2 atom stereocenters. The summed E-state index contributed by atoms with van der Waals surface area (Å²) >= 11 is 0. The maximum atomic E-state index is 12.3. The Balaban J connectivity index is 1.50. The Kier molecular flexibility index (Phi) is 4.24. The maximum absolute atomic E-state index is 12.3. The number of carbonyl (C=O) groups excluding carboxylic acids is 2. The van der Waals surface area contributed by atoms with Crippen LogP contribution in [0.1, 0.15) is 38.5 Å². The highest BCUT2D eigenvalue weighted by Crippen LogP contribution is 2.32. The topological polar surface area (TPSA) is 61.4 Å². The normalized spacial score (nSPS) is 30.9. The first-order chi connectivity index (χ1) is 9.74. The third-order valence-corrected chi connectivity index (χ3v) is 4.67. The lowest BCUT2D eigenvalue weighted by atomic mass is 9.95. The van der Waals surface area contributed by atoms with Crippen molar-refractivity contribution in [3.8, 4) is 0 Å². The number of hydrogen-bond acceptors (Lipinski definition) is 3. The number of hydrogen-bond donors (Lipinski definition) is 2. The van der Waals surface area contributed by atoms with Crippen molar-refractivity contribution in [1.82, 2.24) is 15.5 Å². The lowest BCUT2D eigenvalue weighted by molar-refractivity contribution is -0.137. The van der Waals surface area contributed by atoms with Gasteiger partial charge in [0.25, 0.3) is 0 Å². The van der Waals surface area contributed by atoms with Gasteiger partial charge in [-0.05, 0) is 45.1 Å². The molecule has 2 unspecified atom stereocenters. The lowest BCUT2D eigenvalue weighted by Crippen LogP contribution is -2.51. The fraction of sp³-hybridized carbons (Fsp3) is 0.867. The van der Waals surface area contributed by atoms with Gasteiger partial charge in [-0.3, -0.25) is 9.59 Å². The SMILES string of the molecule is O=C(NC1CCCNC1)C1CCCN(C(=O)C2CC2)C1. The number of rotatable bonds is 3. The summed E-state index contributed by atoms with van der Waals surface area (Å²) in [5, 5.41) is 6.47. The molecule has 3 aliphatic rings. The molecule has 1 aliphatic carbocycles. The summed E-state index contributed by atoms with van der Waals surface area (Å²) in [7, 11) is 0. The summed E-state index contributed by atoms with van der Waals surface area (Å²) in [6.07, 6.45) is 6.15. The number of piperidine rings is 2. The Labute approximate surface area is 120 Å². The van der Waals surface area contributed by atoms with Crippen LogP contribution in [0, 0.1) is 11.8 Å². The number of likely N-dealkylation sites (tertiary alicyclic amines) is 1. The molecule has 3 fully saturated rings. The zero-order valence-electron chi connectivity index (χ0n) is 12.1. The van der Waals surface area contributed by atoms with Crippen molar-refractivity contribution in [3.63, 3.8) is 0 Å². The molecule has 1 saturated carbocycles. The molecule has 0 radical (unpaired) electrons. The van der Waals surface area contributed by atoms with Crippen LogP contribution >= 0.6 is 0 Å². The highest BCUT2D eigenvalue weighted by Gasteiger charge is 2.36. The Bertz CT molecular complexity index is 375. The van der Waals surface area contributed by atoms with Crippen molar-refractivity contribution in [3.05, 3.63) is 0 Å². The van der Waals surface area contributed by atoms with E-state index in [-0.39, 0.29) is 29.7 Å². The average molecular weight is 279 g/mol. The molecule has 5 nitrogen and oxygen atoms in total. The minimum atomic E-state index is -0.00613. The van der Waals surface area contributed by atoms with Crippen LogP contribution in [0.3, 0.4) is 0 Å². The van der Waals surface area contributed by atoms with E-state index in [0.29, 0.717) is 6.54 Å². The van der Waals surface area contributed by atoms with Gasteiger partial charge in [0.2, 0.25) is 11.8 Å². The zero-order chi connectivity index (χ0) is 13.9. The minimum Gasteiger partial charge on any atom is -0.352 e. The van der Waals surface area contributed by atoms with Gasteiger partial charge in [0.05, 0.1) is 5.92 Å². The summed E-state index contributed by atoms with van der Waals surface area (Å²) in [4.78, 5) is 26.4. The number of nitrogens with one attached hydrogen (secondary N) is 2. The highest BCUT2D eigenvalue weighted by molar-refractivity contribution is 5.83. The van der Waals surface area contributed by atoms with Crippen LogP contribution in [-0.2, 0) is 9.59 Å². The highest BCUT2D eigenvalue weighted by atomic mass is 16.2. The quantitative estimate of drug-likeness (QED) is 0.791. The van der Waals surface area contributed by atoms with E-state index in [2.05, 4.69) is 10.6 Å². The molecular formula is C15H25N3O2. The Morgan fingerprint density at radius 2 is 1.90 bits per heavy atom. The Morgan fingerprint density at radius 1 is 1.05 bits per heavy atom. The van der Waals surface area contributed by atoms with Crippen molar-refractivity contribution in [2.24, 2.45) is 11.8 Å². The van der Waals surface area contributed by atoms with E-state index in [1.807, 2.05) is 4.90 Å². The summed E-state index contributed by atoms with van der Waals surface area (Å²) in [6, 6.07) is 0.269. The van der Waals surface area contributed by atoms with E-state index in [9.17, 15) is 9.59 Å². The van der Waals surface area contributed by atoms with Crippen molar-refractivity contribution in [2.75, 3.05) is 26.2 Å². The Morgan fingerprint density at radius 3 is 2.60 bits per heavy atom. The molecule has 0 spiro atoms. The first kappa shape index (κ1) is 13.9. The first-order valence-electron chi connectivity index (χ1n) is 8.04. The maximum Gasteiger partial charge on any atom is 0.225 e. The standard InChI is InChI=1S/C15H25N3O2/c19-14(17-13-4-1-7-16-9-13)12-3-2-8-18(10-12)15(20)11-5-6-11/h11-13,16H,1-10H2,(H,17,19). The fourth-order valence-corrected chi connectivity index (χ4v) is 3.27. The van der Waals surface area contributed by atoms with Gasteiger partial charge in [-0.25, -0.2) is 0 Å². The van der Waals surface area contributed by atoms with E-state index in [4.69, 9.17) is 0 Å². The van der Waals surface area contributed by atoms with Gasteiger partial charge in [-0.2, -0.15) is 0 Å². The van der Waals surface area contributed by atoms with Crippen molar-refractivity contribution >= 4 is 11.8 Å². The average Bonchev–Trinajstić information content (AvgIpc) is 3.32. The summed E-state index contributed by atoms with van der Waals surface area (Å²) in [5.41, 5.74) is 0. The summed E-state index contributed by atoms with van der Waals surface area (Å²) in [6.45, 7) is 3.40.